The van der Waals surface area contributed by atoms with Crippen molar-refractivity contribution in [3.63, 3.8) is 0 Å². The van der Waals surface area contributed by atoms with Crippen molar-refractivity contribution in [3.8, 4) is 6.07 Å². The first kappa shape index (κ1) is 20.7. The van der Waals surface area contributed by atoms with Crippen LogP contribution in [0.25, 0.3) is 0 Å². The SMILES string of the molecule is CCOC(=O)c1ccc(NC(=O)/C(C#N)=C\Nc2ccc(C(C)C)cc2)cc1. The smallest absolute Gasteiger partial charge is 0.338 e. The Hall–Kier alpha value is -3.59. The quantitative estimate of drug-likeness (QED) is 0.423. The summed E-state index contributed by atoms with van der Waals surface area (Å²) >= 11 is 0. The first-order valence-corrected chi connectivity index (χ1v) is 9.00. The van der Waals surface area contributed by atoms with Crippen LogP contribution in [0.15, 0.2) is 60.3 Å². The van der Waals surface area contributed by atoms with Crippen LogP contribution in [0.5, 0.6) is 0 Å². The van der Waals surface area contributed by atoms with Gasteiger partial charge in [0, 0.05) is 17.6 Å². The number of amides is 1. The van der Waals surface area contributed by atoms with E-state index in [-0.39, 0.29) is 5.57 Å². The number of nitrogens with zero attached hydrogens (tertiary/aromatic N) is 1. The predicted molar refractivity (Wildman–Crippen MR) is 109 cm³/mol. The summed E-state index contributed by atoms with van der Waals surface area (Å²) in [7, 11) is 0. The molecule has 0 radical (unpaired) electrons. The molecule has 1 amide bonds. The molecule has 6 nitrogen and oxygen atoms in total. The lowest BCUT2D eigenvalue weighted by atomic mass is 10.0. The highest BCUT2D eigenvalue weighted by atomic mass is 16.5. The largest absolute Gasteiger partial charge is 0.462 e. The van der Waals surface area contributed by atoms with Crippen LogP contribution in [0, 0.1) is 11.3 Å². The van der Waals surface area contributed by atoms with Crippen molar-refractivity contribution in [2.45, 2.75) is 26.7 Å². The Morgan fingerprint density at radius 1 is 1.07 bits per heavy atom. The molecule has 0 atom stereocenters. The molecule has 0 saturated heterocycles. The highest BCUT2D eigenvalue weighted by Gasteiger charge is 2.11. The van der Waals surface area contributed by atoms with Crippen LogP contribution in [0.1, 0.15) is 42.6 Å². The molecule has 2 aromatic carbocycles. The van der Waals surface area contributed by atoms with E-state index < -0.39 is 11.9 Å². The Kier molecular flexibility index (Phi) is 7.35. The average Bonchev–Trinajstić information content (AvgIpc) is 2.69. The minimum atomic E-state index is -0.544. The van der Waals surface area contributed by atoms with Gasteiger partial charge in [-0.25, -0.2) is 4.79 Å². The van der Waals surface area contributed by atoms with Gasteiger partial charge in [0.05, 0.1) is 12.2 Å². The van der Waals surface area contributed by atoms with E-state index in [1.165, 1.54) is 11.8 Å². The zero-order chi connectivity index (χ0) is 20.5. The summed E-state index contributed by atoms with van der Waals surface area (Å²) in [5.74, 6) is -0.538. The number of carbonyl (C=O) groups is 2. The number of anilines is 2. The van der Waals surface area contributed by atoms with Gasteiger partial charge >= 0.3 is 5.97 Å². The second-order valence-corrected chi connectivity index (χ2v) is 6.34. The maximum Gasteiger partial charge on any atom is 0.338 e. The van der Waals surface area contributed by atoms with Crippen LogP contribution in [-0.2, 0) is 9.53 Å². The highest BCUT2D eigenvalue weighted by molar-refractivity contribution is 6.06. The van der Waals surface area contributed by atoms with E-state index in [1.807, 2.05) is 30.3 Å². The maximum absolute atomic E-state index is 12.3. The number of esters is 1. The van der Waals surface area contributed by atoms with Crippen LogP contribution < -0.4 is 10.6 Å². The predicted octanol–water partition coefficient (Wildman–Crippen LogP) is 4.44. The van der Waals surface area contributed by atoms with Crippen LogP contribution >= 0.6 is 0 Å². The summed E-state index contributed by atoms with van der Waals surface area (Å²) in [6.45, 7) is 6.25. The second-order valence-electron chi connectivity index (χ2n) is 6.34. The van der Waals surface area contributed by atoms with Crippen molar-refractivity contribution in [1.82, 2.24) is 0 Å². The van der Waals surface area contributed by atoms with E-state index in [0.29, 0.717) is 23.8 Å². The molecule has 2 N–H and O–H groups in total. The summed E-state index contributed by atoms with van der Waals surface area (Å²) in [5, 5.41) is 14.9. The zero-order valence-corrected chi connectivity index (χ0v) is 16.2. The van der Waals surface area contributed by atoms with Gasteiger partial charge < -0.3 is 15.4 Å². The molecule has 0 aliphatic carbocycles. The maximum atomic E-state index is 12.3. The fourth-order valence-electron chi connectivity index (χ4n) is 2.37. The van der Waals surface area contributed by atoms with Crippen LogP contribution in [0.4, 0.5) is 11.4 Å². The number of hydrogen-bond donors (Lipinski definition) is 2. The number of ether oxygens (including phenoxy) is 1. The topological polar surface area (TPSA) is 91.2 Å². The van der Waals surface area contributed by atoms with Gasteiger partial charge in [0.15, 0.2) is 0 Å². The van der Waals surface area contributed by atoms with Gasteiger partial charge in [-0.15, -0.1) is 0 Å². The molecule has 144 valence electrons. The first-order chi connectivity index (χ1) is 13.4. The van der Waals surface area contributed by atoms with Gasteiger partial charge in [-0.1, -0.05) is 26.0 Å². The molecule has 0 spiro atoms. The monoisotopic (exact) mass is 377 g/mol. The van der Waals surface area contributed by atoms with Crippen molar-refractivity contribution in [1.29, 1.82) is 5.26 Å². The van der Waals surface area contributed by atoms with Gasteiger partial charge in [0.25, 0.3) is 5.91 Å². The lowest BCUT2D eigenvalue weighted by Gasteiger charge is -2.08. The van der Waals surface area contributed by atoms with Crippen molar-refractivity contribution in [3.05, 3.63) is 71.4 Å². The first-order valence-electron chi connectivity index (χ1n) is 9.00. The van der Waals surface area contributed by atoms with Crippen molar-refractivity contribution in [2.75, 3.05) is 17.2 Å². The minimum absolute atomic E-state index is 0.0672. The number of rotatable bonds is 7. The molecule has 2 rings (SSSR count). The van der Waals surface area contributed by atoms with E-state index in [2.05, 4.69) is 24.5 Å². The number of carbonyl (C=O) groups excluding carboxylic acids is 2. The van der Waals surface area contributed by atoms with E-state index in [9.17, 15) is 14.9 Å². The third-order valence-corrected chi connectivity index (χ3v) is 3.98. The molecular weight excluding hydrogens is 354 g/mol. The number of hydrogen-bond acceptors (Lipinski definition) is 5. The van der Waals surface area contributed by atoms with Gasteiger partial charge in [0.1, 0.15) is 11.6 Å². The Morgan fingerprint density at radius 2 is 1.68 bits per heavy atom. The molecule has 0 aromatic heterocycles. The van der Waals surface area contributed by atoms with Crippen molar-refractivity contribution in [2.24, 2.45) is 0 Å². The molecule has 2 aromatic rings. The molecule has 0 heterocycles. The van der Waals surface area contributed by atoms with E-state index >= 15 is 0 Å². The van der Waals surface area contributed by atoms with E-state index in [1.54, 1.807) is 31.2 Å². The summed E-state index contributed by atoms with van der Waals surface area (Å²) in [6.07, 6.45) is 1.37. The highest BCUT2D eigenvalue weighted by Crippen LogP contribution is 2.17. The zero-order valence-electron chi connectivity index (χ0n) is 16.2. The fraction of sp³-hybridized carbons (Fsp3) is 0.227. The normalized spacial score (nSPS) is 10.9. The summed E-state index contributed by atoms with van der Waals surface area (Å²) in [4.78, 5) is 23.9. The molecule has 28 heavy (non-hydrogen) atoms. The lowest BCUT2D eigenvalue weighted by molar-refractivity contribution is -0.112. The summed E-state index contributed by atoms with van der Waals surface area (Å²) in [6, 6.07) is 15.9. The van der Waals surface area contributed by atoms with E-state index in [0.717, 1.165) is 5.69 Å². The third-order valence-electron chi connectivity index (χ3n) is 3.98. The molecule has 0 aliphatic heterocycles. The van der Waals surface area contributed by atoms with Gasteiger partial charge in [-0.3, -0.25) is 4.79 Å². The van der Waals surface area contributed by atoms with Crippen LogP contribution in [-0.4, -0.2) is 18.5 Å². The number of nitrogens with one attached hydrogen (secondary N) is 2. The third kappa shape index (κ3) is 5.71. The molecule has 0 aliphatic rings. The summed E-state index contributed by atoms with van der Waals surface area (Å²) in [5.41, 5.74) is 2.79. The number of nitriles is 1. The standard InChI is InChI=1S/C22H23N3O3/c1-4-28-22(27)17-7-11-20(12-8-17)25-21(26)18(13-23)14-24-19-9-5-16(6-10-19)15(2)3/h5-12,14-15,24H,4H2,1-3H3,(H,25,26)/b18-14-. The Balaban J connectivity index is 2.01. The van der Waals surface area contributed by atoms with Crippen LogP contribution in [0.3, 0.4) is 0 Å². The molecular formula is C22H23N3O3. The Morgan fingerprint density at radius 3 is 2.21 bits per heavy atom. The second kappa shape index (κ2) is 9.93. The summed E-state index contributed by atoms with van der Waals surface area (Å²) < 4.78 is 4.91. The van der Waals surface area contributed by atoms with E-state index in [4.69, 9.17) is 4.74 Å². The Bertz CT molecular complexity index is 892. The fourth-order valence-corrected chi connectivity index (χ4v) is 2.37. The minimum Gasteiger partial charge on any atom is -0.462 e. The molecule has 0 unspecified atom stereocenters. The lowest BCUT2D eigenvalue weighted by Crippen LogP contribution is -2.14. The Labute approximate surface area is 164 Å². The van der Waals surface area contributed by atoms with Crippen LogP contribution in [0.2, 0.25) is 0 Å². The molecule has 0 fully saturated rings. The average molecular weight is 377 g/mol. The molecule has 0 saturated carbocycles. The molecule has 0 bridgehead atoms. The van der Waals surface area contributed by atoms with Gasteiger partial charge in [-0.05, 0) is 54.8 Å². The van der Waals surface area contributed by atoms with Crippen molar-refractivity contribution >= 4 is 23.3 Å². The van der Waals surface area contributed by atoms with Gasteiger partial charge in [-0.2, -0.15) is 5.26 Å². The van der Waals surface area contributed by atoms with Gasteiger partial charge in [0.2, 0.25) is 0 Å². The number of benzene rings is 2. The molecule has 6 heteroatoms. The van der Waals surface area contributed by atoms with Crippen molar-refractivity contribution < 1.29 is 14.3 Å².